The van der Waals surface area contributed by atoms with E-state index in [9.17, 15) is 14.8 Å². The van der Waals surface area contributed by atoms with Gasteiger partial charge in [-0.2, -0.15) is 4.73 Å². The quantitative estimate of drug-likeness (QED) is 0.881. The van der Waals surface area contributed by atoms with Gasteiger partial charge in [0.2, 0.25) is 5.43 Å². The molecule has 1 aliphatic rings. The number of hydrogen-bond acceptors (Lipinski definition) is 3. The molecule has 1 aromatic heterocycles. The van der Waals surface area contributed by atoms with E-state index in [-0.39, 0.29) is 22.7 Å². The first kappa shape index (κ1) is 13.9. The van der Waals surface area contributed by atoms with Gasteiger partial charge in [-0.25, -0.2) is 0 Å². The van der Waals surface area contributed by atoms with Crippen molar-refractivity contribution in [3.63, 3.8) is 0 Å². The summed E-state index contributed by atoms with van der Waals surface area (Å²) >= 11 is 0. The van der Waals surface area contributed by atoms with Crippen molar-refractivity contribution in [3.05, 3.63) is 45.7 Å². The molecule has 2 aromatic rings. The molecule has 1 aromatic carbocycles. The Morgan fingerprint density at radius 3 is 2.81 bits per heavy atom. The Labute approximate surface area is 123 Å². The Hall–Kier alpha value is -2.10. The molecule has 1 unspecified atom stereocenters. The number of rotatable bonds is 3. The molecule has 110 valence electrons. The van der Waals surface area contributed by atoms with Crippen molar-refractivity contribution in [2.24, 2.45) is 5.92 Å². The Morgan fingerprint density at radius 2 is 2.05 bits per heavy atom. The summed E-state index contributed by atoms with van der Waals surface area (Å²) in [6.07, 6.45) is 4.15. The molecule has 3 rings (SSSR count). The highest BCUT2D eigenvalue weighted by Gasteiger charge is 2.32. The lowest BCUT2D eigenvalue weighted by atomic mass is 9.81. The van der Waals surface area contributed by atoms with Gasteiger partial charge in [0.05, 0.1) is 16.8 Å². The predicted octanol–water partition coefficient (Wildman–Crippen LogP) is 3.17. The van der Waals surface area contributed by atoms with Crippen LogP contribution in [0.3, 0.4) is 0 Å². The van der Waals surface area contributed by atoms with Crippen LogP contribution in [0, 0.1) is 5.92 Å². The van der Waals surface area contributed by atoms with E-state index in [1.807, 2.05) is 0 Å². The third kappa shape index (κ3) is 2.15. The van der Waals surface area contributed by atoms with E-state index in [1.165, 1.54) is 0 Å². The molecule has 1 heterocycles. The summed E-state index contributed by atoms with van der Waals surface area (Å²) in [5, 5.41) is 10.7. The summed E-state index contributed by atoms with van der Waals surface area (Å²) in [5.41, 5.74) is 0.901. The number of pyridine rings is 1. The molecule has 0 fully saturated rings. The second-order valence-electron chi connectivity index (χ2n) is 5.72. The van der Waals surface area contributed by atoms with E-state index < -0.39 is 0 Å². The van der Waals surface area contributed by atoms with Gasteiger partial charge in [-0.05, 0) is 31.4 Å². The van der Waals surface area contributed by atoms with Gasteiger partial charge in [0.15, 0.2) is 5.78 Å². The van der Waals surface area contributed by atoms with Crippen LogP contribution in [0.4, 0.5) is 0 Å². The maximum Gasteiger partial charge on any atom is 0.200 e. The lowest BCUT2D eigenvalue weighted by Gasteiger charge is -2.24. The van der Waals surface area contributed by atoms with Gasteiger partial charge in [0.1, 0.15) is 0 Å². The maximum atomic E-state index is 12.6. The number of para-hydroxylation sites is 1. The van der Waals surface area contributed by atoms with Gasteiger partial charge in [0.25, 0.3) is 0 Å². The highest BCUT2D eigenvalue weighted by Crippen LogP contribution is 2.28. The van der Waals surface area contributed by atoms with Crippen LogP contribution in [-0.2, 0) is 6.42 Å². The molecule has 0 spiro atoms. The molecule has 4 nitrogen and oxygen atoms in total. The molecular weight excluding hydrogens is 266 g/mol. The fourth-order valence-electron chi connectivity index (χ4n) is 3.22. The molecule has 21 heavy (non-hydrogen) atoms. The highest BCUT2D eigenvalue weighted by molar-refractivity contribution is 6.02. The Kier molecular flexibility index (Phi) is 3.53. The molecule has 0 amide bonds. The highest BCUT2D eigenvalue weighted by atomic mass is 16.5. The smallest absolute Gasteiger partial charge is 0.200 e. The molecule has 0 radical (unpaired) electrons. The second kappa shape index (κ2) is 5.35. The van der Waals surface area contributed by atoms with Gasteiger partial charge < -0.3 is 5.21 Å². The number of carbonyl (C=O) groups excluding carboxylic acids is 1. The van der Waals surface area contributed by atoms with Crippen LogP contribution in [0.1, 0.15) is 48.7 Å². The minimum Gasteiger partial charge on any atom is -0.428 e. The Balaban J connectivity index is 2.18. The lowest BCUT2D eigenvalue weighted by Crippen LogP contribution is -2.32. The molecule has 0 saturated carbocycles. The summed E-state index contributed by atoms with van der Waals surface area (Å²) in [5.74, 6) is -0.172. The van der Waals surface area contributed by atoms with Crippen molar-refractivity contribution in [3.8, 4) is 0 Å². The molecule has 0 saturated heterocycles. The van der Waals surface area contributed by atoms with Crippen LogP contribution in [-0.4, -0.2) is 15.7 Å². The number of Topliss-reactive ketones (excluding diaryl/α,β-unsaturated/α-hetero) is 1. The Bertz CT molecular complexity index is 760. The van der Waals surface area contributed by atoms with E-state index in [2.05, 4.69) is 6.92 Å². The van der Waals surface area contributed by atoms with Crippen LogP contribution in [0.25, 0.3) is 10.9 Å². The van der Waals surface area contributed by atoms with E-state index in [4.69, 9.17) is 0 Å². The number of aromatic nitrogens is 1. The van der Waals surface area contributed by atoms with E-state index in [0.717, 1.165) is 24.0 Å². The number of benzene rings is 1. The monoisotopic (exact) mass is 285 g/mol. The summed E-state index contributed by atoms with van der Waals surface area (Å²) in [6, 6.07) is 6.88. The van der Waals surface area contributed by atoms with Crippen LogP contribution in [0.2, 0.25) is 0 Å². The van der Waals surface area contributed by atoms with Crippen molar-refractivity contribution in [1.29, 1.82) is 0 Å². The van der Waals surface area contributed by atoms with E-state index in [0.29, 0.717) is 29.4 Å². The van der Waals surface area contributed by atoms with Gasteiger partial charge in [0, 0.05) is 11.3 Å². The summed E-state index contributed by atoms with van der Waals surface area (Å²) in [6.45, 7) is 2.09. The normalized spacial score (nSPS) is 18.0. The number of fused-ring (bicyclic) bond motifs is 2. The van der Waals surface area contributed by atoms with E-state index >= 15 is 0 Å². The van der Waals surface area contributed by atoms with Gasteiger partial charge in [-0.15, -0.1) is 0 Å². The summed E-state index contributed by atoms with van der Waals surface area (Å²) in [7, 11) is 0. The molecule has 1 atom stereocenters. The third-order valence-corrected chi connectivity index (χ3v) is 4.40. The number of unbranched alkanes of at least 4 members (excludes halogenated alkanes) is 1. The fourth-order valence-corrected chi connectivity index (χ4v) is 3.22. The predicted molar refractivity (Wildman–Crippen MR) is 81.1 cm³/mol. The summed E-state index contributed by atoms with van der Waals surface area (Å²) in [4.78, 5) is 25.2. The SMILES string of the molecule is CCCCC1CCc2c(c(=O)c3ccccc3n2O)C1=O. The second-order valence-corrected chi connectivity index (χ2v) is 5.72. The van der Waals surface area contributed by atoms with Gasteiger partial charge in [-0.1, -0.05) is 31.9 Å². The zero-order valence-electron chi connectivity index (χ0n) is 12.1. The number of carbonyl (C=O) groups is 1. The van der Waals surface area contributed by atoms with Crippen molar-refractivity contribution >= 4 is 16.7 Å². The van der Waals surface area contributed by atoms with Crippen molar-refractivity contribution in [1.82, 2.24) is 4.73 Å². The first-order valence-corrected chi connectivity index (χ1v) is 7.55. The average Bonchev–Trinajstić information content (AvgIpc) is 2.51. The standard InChI is InChI=1S/C17H19NO3/c1-2-3-6-11-9-10-14-15(16(11)19)17(20)12-7-4-5-8-13(12)18(14)21/h4-5,7-8,11,21H,2-3,6,9-10H2,1H3. The van der Waals surface area contributed by atoms with E-state index in [1.54, 1.807) is 24.3 Å². The first-order chi connectivity index (χ1) is 10.1. The summed E-state index contributed by atoms with van der Waals surface area (Å²) < 4.78 is 1.03. The van der Waals surface area contributed by atoms with Crippen LogP contribution in [0.5, 0.6) is 0 Å². The molecule has 4 heteroatoms. The maximum absolute atomic E-state index is 12.6. The minimum atomic E-state index is -0.239. The van der Waals surface area contributed by atoms with Crippen molar-refractivity contribution < 1.29 is 10.0 Å². The number of hydrogen-bond donors (Lipinski definition) is 1. The largest absolute Gasteiger partial charge is 0.428 e. The molecule has 1 aliphatic carbocycles. The lowest BCUT2D eigenvalue weighted by molar-refractivity contribution is 0.0876. The zero-order chi connectivity index (χ0) is 15.0. The van der Waals surface area contributed by atoms with Crippen molar-refractivity contribution in [2.45, 2.75) is 39.0 Å². The zero-order valence-corrected chi connectivity index (χ0v) is 12.1. The van der Waals surface area contributed by atoms with Gasteiger partial charge in [-0.3, -0.25) is 9.59 Å². The number of ketones is 1. The minimum absolute atomic E-state index is 0.0775. The topological polar surface area (TPSA) is 59.3 Å². The number of nitrogens with zero attached hydrogens (tertiary/aromatic N) is 1. The first-order valence-electron chi connectivity index (χ1n) is 7.55. The third-order valence-electron chi connectivity index (χ3n) is 4.40. The Morgan fingerprint density at radius 1 is 1.29 bits per heavy atom. The molecular formula is C17H19NO3. The molecule has 0 aliphatic heterocycles. The average molecular weight is 285 g/mol. The van der Waals surface area contributed by atoms with Crippen LogP contribution in [0.15, 0.2) is 29.1 Å². The van der Waals surface area contributed by atoms with Crippen molar-refractivity contribution in [2.75, 3.05) is 0 Å². The molecule has 1 N–H and O–H groups in total. The van der Waals surface area contributed by atoms with Crippen LogP contribution >= 0.6 is 0 Å². The fraction of sp³-hybridized carbons (Fsp3) is 0.412. The van der Waals surface area contributed by atoms with Gasteiger partial charge >= 0.3 is 0 Å². The van der Waals surface area contributed by atoms with Crippen LogP contribution < -0.4 is 5.43 Å². The molecule has 0 bridgehead atoms.